The predicted molar refractivity (Wildman–Crippen MR) is 50.0 cm³/mol. The molecule has 1 N–H and O–H groups in total. The molecule has 0 aliphatic carbocycles. The highest BCUT2D eigenvalue weighted by molar-refractivity contribution is 5.28. The zero-order chi connectivity index (χ0) is 12.2. The summed E-state index contributed by atoms with van der Waals surface area (Å²) in [5.41, 5.74) is 0.469. The Morgan fingerprint density at radius 1 is 1.25 bits per heavy atom. The lowest BCUT2D eigenvalue weighted by molar-refractivity contribution is -0.274. The van der Waals surface area contributed by atoms with E-state index in [0.717, 1.165) is 12.1 Å². The van der Waals surface area contributed by atoms with E-state index in [9.17, 15) is 18.3 Å². The molecule has 0 unspecified atom stereocenters. The molecule has 0 aliphatic rings. The van der Waals surface area contributed by atoms with Crippen LogP contribution in [-0.4, -0.2) is 25.2 Å². The van der Waals surface area contributed by atoms with Crippen LogP contribution in [0.1, 0.15) is 11.7 Å². The molecular weight excluding hydrogens is 225 g/mol. The molecule has 0 bridgehead atoms. The Labute approximate surface area is 90.4 Å². The summed E-state index contributed by atoms with van der Waals surface area (Å²) in [4.78, 5) is 0. The van der Waals surface area contributed by atoms with E-state index in [0.29, 0.717) is 5.56 Å². The fourth-order valence-electron chi connectivity index (χ4n) is 1.15. The first kappa shape index (κ1) is 12.8. The van der Waals surface area contributed by atoms with Crippen LogP contribution in [0.2, 0.25) is 0 Å². The Morgan fingerprint density at radius 3 is 2.25 bits per heavy atom. The molecule has 1 rings (SSSR count). The molecule has 0 saturated carbocycles. The fraction of sp³-hybridized carbons (Fsp3) is 0.400. The predicted octanol–water partition coefficient (Wildman–Crippen LogP) is 2.27. The molecule has 1 atom stereocenters. The molecule has 90 valence electrons. The van der Waals surface area contributed by atoms with Crippen LogP contribution in [0.4, 0.5) is 13.2 Å². The van der Waals surface area contributed by atoms with E-state index in [-0.39, 0.29) is 12.4 Å². The summed E-state index contributed by atoms with van der Waals surface area (Å²) in [6.45, 7) is 0.0828. The molecule has 1 aromatic carbocycles. The third kappa shape index (κ3) is 4.08. The molecule has 0 aromatic heterocycles. The molecule has 6 heteroatoms. The maximum absolute atomic E-state index is 11.8. The lowest BCUT2D eigenvalue weighted by Gasteiger charge is -2.12. The van der Waals surface area contributed by atoms with E-state index in [4.69, 9.17) is 4.74 Å². The van der Waals surface area contributed by atoms with Crippen molar-refractivity contribution >= 4 is 0 Å². The van der Waals surface area contributed by atoms with Crippen molar-refractivity contribution in [2.45, 2.75) is 12.5 Å². The first-order valence-corrected chi connectivity index (χ1v) is 4.45. The van der Waals surface area contributed by atoms with E-state index < -0.39 is 12.5 Å². The van der Waals surface area contributed by atoms with E-state index in [2.05, 4.69) is 4.74 Å². The van der Waals surface area contributed by atoms with Gasteiger partial charge in [-0.25, -0.2) is 0 Å². The van der Waals surface area contributed by atoms with Gasteiger partial charge in [0.05, 0.1) is 6.61 Å². The number of benzene rings is 1. The number of alkyl halides is 3. The number of rotatable bonds is 4. The molecule has 16 heavy (non-hydrogen) atoms. The van der Waals surface area contributed by atoms with E-state index >= 15 is 0 Å². The molecule has 0 spiro atoms. The van der Waals surface area contributed by atoms with Crippen molar-refractivity contribution in [2.24, 2.45) is 0 Å². The van der Waals surface area contributed by atoms with Gasteiger partial charge in [-0.3, -0.25) is 0 Å². The van der Waals surface area contributed by atoms with Gasteiger partial charge in [0.25, 0.3) is 0 Å². The second kappa shape index (κ2) is 5.18. The Kier molecular flexibility index (Phi) is 4.14. The first-order chi connectivity index (χ1) is 7.42. The number of methoxy groups -OCH3 is 1. The highest BCUT2D eigenvalue weighted by atomic mass is 19.4. The van der Waals surface area contributed by atoms with Gasteiger partial charge in [-0.05, 0) is 17.7 Å². The lowest BCUT2D eigenvalue weighted by Crippen LogP contribution is -2.17. The van der Waals surface area contributed by atoms with Crippen molar-refractivity contribution in [1.29, 1.82) is 0 Å². The van der Waals surface area contributed by atoms with Gasteiger partial charge in [-0.15, -0.1) is 13.2 Å². The first-order valence-electron chi connectivity index (χ1n) is 4.45. The zero-order valence-electron chi connectivity index (χ0n) is 8.49. The average molecular weight is 236 g/mol. The lowest BCUT2D eigenvalue weighted by atomic mass is 10.1. The van der Waals surface area contributed by atoms with Gasteiger partial charge in [0.15, 0.2) is 0 Å². The molecule has 3 nitrogen and oxygen atoms in total. The summed E-state index contributed by atoms with van der Waals surface area (Å²) in [6.07, 6.45) is -5.56. The number of hydrogen-bond acceptors (Lipinski definition) is 3. The maximum atomic E-state index is 11.8. The molecule has 0 aliphatic heterocycles. The Morgan fingerprint density at radius 2 is 1.81 bits per heavy atom. The number of aliphatic hydroxyl groups excluding tert-OH is 1. The van der Waals surface area contributed by atoms with Crippen LogP contribution >= 0.6 is 0 Å². The molecular formula is C10H11F3O3. The van der Waals surface area contributed by atoms with Gasteiger partial charge in [-0.2, -0.15) is 0 Å². The minimum absolute atomic E-state index is 0.0828. The molecule has 0 saturated heterocycles. The highest BCUT2D eigenvalue weighted by Crippen LogP contribution is 2.24. The van der Waals surface area contributed by atoms with Gasteiger partial charge >= 0.3 is 6.36 Å². The maximum Gasteiger partial charge on any atom is 0.573 e. The SMILES string of the molecule is COC[C@H](O)c1ccc(OC(F)(F)F)cc1. The summed E-state index contributed by atoms with van der Waals surface area (Å²) in [5, 5.41) is 9.46. The molecule has 0 radical (unpaired) electrons. The second-order valence-electron chi connectivity index (χ2n) is 3.09. The summed E-state index contributed by atoms with van der Waals surface area (Å²) in [5.74, 6) is -0.319. The van der Waals surface area contributed by atoms with Gasteiger partial charge in [0, 0.05) is 7.11 Å². The van der Waals surface area contributed by atoms with Crippen LogP contribution in [0.5, 0.6) is 5.75 Å². The van der Waals surface area contributed by atoms with Gasteiger partial charge < -0.3 is 14.6 Å². The van der Waals surface area contributed by atoms with Crippen molar-refractivity contribution in [2.75, 3.05) is 13.7 Å². The van der Waals surface area contributed by atoms with Crippen LogP contribution < -0.4 is 4.74 Å². The summed E-state index contributed by atoms with van der Waals surface area (Å²) < 4.78 is 43.9. The smallest absolute Gasteiger partial charge is 0.406 e. The van der Waals surface area contributed by atoms with E-state index in [1.165, 1.54) is 19.2 Å². The summed E-state index contributed by atoms with van der Waals surface area (Å²) in [6, 6.07) is 4.99. The topological polar surface area (TPSA) is 38.7 Å². The van der Waals surface area contributed by atoms with Gasteiger partial charge in [-0.1, -0.05) is 12.1 Å². The zero-order valence-corrected chi connectivity index (χ0v) is 8.49. The molecule has 0 fully saturated rings. The van der Waals surface area contributed by atoms with Gasteiger partial charge in [0.2, 0.25) is 0 Å². The largest absolute Gasteiger partial charge is 0.573 e. The van der Waals surface area contributed by atoms with Crippen LogP contribution in [-0.2, 0) is 4.74 Å². The Balaban J connectivity index is 2.68. The highest BCUT2D eigenvalue weighted by Gasteiger charge is 2.30. The number of ether oxygens (including phenoxy) is 2. The molecule has 0 amide bonds. The van der Waals surface area contributed by atoms with Crippen molar-refractivity contribution in [1.82, 2.24) is 0 Å². The van der Waals surface area contributed by atoms with Crippen LogP contribution in [0.15, 0.2) is 24.3 Å². The number of aliphatic hydroxyl groups is 1. The third-order valence-electron chi connectivity index (χ3n) is 1.82. The van der Waals surface area contributed by atoms with Crippen LogP contribution in [0, 0.1) is 0 Å². The molecule has 1 aromatic rings. The van der Waals surface area contributed by atoms with Crippen LogP contribution in [0.3, 0.4) is 0 Å². The fourth-order valence-corrected chi connectivity index (χ4v) is 1.15. The van der Waals surface area contributed by atoms with E-state index in [1.807, 2.05) is 0 Å². The minimum atomic E-state index is -4.70. The monoisotopic (exact) mass is 236 g/mol. The second-order valence-corrected chi connectivity index (χ2v) is 3.09. The van der Waals surface area contributed by atoms with Gasteiger partial charge in [0.1, 0.15) is 11.9 Å². The quantitative estimate of drug-likeness (QED) is 0.871. The summed E-state index contributed by atoms with van der Waals surface area (Å²) in [7, 11) is 1.42. The Bertz CT molecular complexity index is 321. The van der Waals surface area contributed by atoms with Crippen molar-refractivity contribution < 1.29 is 27.8 Å². The molecule has 0 heterocycles. The summed E-state index contributed by atoms with van der Waals surface area (Å²) >= 11 is 0. The van der Waals surface area contributed by atoms with Crippen molar-refractivity contribution in [3.8, 4) is 5.75 Å². The minimum Gasteiger partial charge on any atom is -0.406 e. The standard InChI is InChI=1S/C10H11F3O3/c1-15-6-9(14)7-2-4-8(5-3-7)16-10(11,12)13/h2-5,9,14H,6H2,1H3/t9-/m0/s1. The number of halogens is 3. The van der Waals surface area contributed by atoms with Crippen LogP contribution in [0.25, 0.3) is 0 Å². The van der Waals surface area contributed by atoms with Crippen molar-refractivity contribution in [3.63, 3.8) is 0 Å². The number of hydrogen-bond donors (Lipinski definition) is 1. The normalized spacial score (nSPS) is 13.6. The third-order valence-corrected chi connectivity index (χ3v) is 1.82. The van der Waals surface area contributed by atoms with E-state index in [1.54, 1.807) is 0 Å². The Hall–Kier alpha value is -1.27. The van der Waals surface area contributed by atoms with Crippen molar-refractivity contribution in [3.05, 3.63) is 29.8 Å². The average Bonchev–Trinajstić information content (AvgIpc) is 2.16.